The van der Waals surface area contributed by atoms with E-state index in [1.807, 2.05) is 0 Å². The van der Waals surface area contributed by atoms with Crippen LogP contribution in [0.15, 0.2) is 30.0 Å². The van der Waals surface area contributed by atoms with Crippen LogP contribution >= 0.6 is 0 Å². The third-order valence-corrected chi connectivity index (χ3v) is 11.0. The van der Waals surface area contributed by atoms with Crippen molar-refractivity contribution in [1.29, 1.82) is 0 Å². The van der Waals surface area contributed by atoms with Crippen molar-refractivity contribution < 1.29 is 56.8 Å². The summed E-state index contributed by atoms with van der Waals surface area (Å²) in [5.41, 5.74) is 3.28. The highest BCUT2D eigenvalue weighted by Crippen LogP contribution is 2.24. The Morgan fingerprint density at radius 3 is 1.60 bits per heavy atom. The highest BCUT2D eigenvalue weighted by atomic mass is 32.2. The van der Waals surface area contributed by atoms with Crippen molar-refractivity contribution in [2.75, 3.05) is 19.0 Å². The zero-order valence-electron chi connectivity index (χ0n) is 35.9. The molecule has 0 aliphatic carbocycles. The highest BCUT2D eigenvalue weighted by molar-refractivity contribution is 7.85. The van der Waals surface area contributed by atoms with Gasteiger partial charge < -0.3 is 34.3 Å². The van der Waals surface area contributed by atoms with Crippen molar-refractivity contribution in [3.63, 3.8) is 0 Å². The molecular weight excluding hydrogens is 765 g/mol. The van der Waals surface area contributed by atoms with Gasteiger partial charge in [0.15, 0.2) is 12.4 Å². The van der Waals surface area contributed by atoms with Gasteiger partial charge in [0.25, 0.3) is 10.1 Å². The fourth-order valence-electron chi connectivity index (χ4n) is 6.71. The van der Waals surface area contributed by atoms with E-state index in [9.17, 15) is 37.9 Å². The molecule has 13 heteroatoms. The third-order valence-electron chi connectivity index (χ3n) is 10.3. The number of allylic oxidation sites excluding steroid dienone is 3. The predicted octanol–water partition coefficient (Wildman–Crippen LogP) is 8.99. The standard InChI is InChI=1S/C45H80O12S/c1-3-5-7-9-11-13-15-17-19-21-23-25-27-29-31-33-40(46)54-35-38(36-55-45-44(50)43(49)42(48)39(57-45)37-58(51,52)53)56-41(47)34-32-30-28-26-24-22-20-18-16-14-12-10-8-6-4-2/h15,18-20,38-39,42-45,48-50H,3-14,16,21-37H2,1-2H3,(H,51,52,53)/b20-18+/t17?,38-,39-,42-,43?,44?,45+/m1/s1. The normalized spacial score (nSPS) is 20.1. The minimum absolute atomic E-state index is 0.150. The number of hydrogen-bond acceptors (Lipinski definition) is 11. The molecule has 1 aliphatic heterocycles. The number of aliphatic hydroxyl groups is 3. The van der Waals surface area contributed by atoms with Crippen LogP contribution in [0, 0.1) is 0 Å². The molecule has 58 heavy (non-hydrogen) atoms. The molecule has 0 radical (unpaired) electrons. The first-order valence-corrected chi connectivity index (χ1v) is 24.2. The van der Waals surface area contributed by atoms with Crippen molar-refractivity contribution in [2.24, 2.45) is 0 Å². The second kappa shape index (κ2) is 35.6. The quantitative estimate of drug-likeness (QED) is 0.0153. The van der Waals surface area contributed by atoms with Gasteiger partial charge in [-0.1, -0.05) is 122 Å². The Labute approximate surface area is 351 Å². The summed E-state index contributed by atoms with van der Waals surface area (Å²) >= 11 is 0. The van der Waals surface area contributed by atoms with Crippen LogP contribution in [0.1, 0.15) is 187 Å². The second-order valence-corrected chi connectivity index (χ2v) is 17.3. The van der Waals surface area contributed by atoms with Crippen LogP contribution in [-0.2, 0) is 38.7 Å². The molecule has 0 aromatic heterocycles. The minimum Gasteiger partial charge on any atom is -0.462 e. The summed E-state index contributed by atoms with van der Waals surface area (Å²) in [6, 6.07) is 0. The van der Waals surface area contributed by atoms with Crippen molar-refractivity contribution in [1.82, 2.24) is 0 Å². The molecule has 12 nitrogen and oxygen atoms in total. The molecule has 0 amide bonds. The molecule has 0 bridgehead atoms. The zero-order chi connectivity index (χ0) is 42.7. The van der Waals surface area contributed by atoms with Crippen LogP contribution in [-0.4, -0.2) is 96.0 Å². The van der Waals surface area contributed by atoms with Gasteiger partial charge in [-0.05, 0) is 76.4 Å². The molecule has 1 saturated heterocycles. The SMILES string of the molecule is CCCCCCCC=C=CCCCCCCCC(=O)OC[C@H](CO[C@H]1O[C@H](CS(=O)(=O)O)[C@@H](O)C(O)C1O)OC(=O)CCCCCCC/C=C/CCCCCCCC. The molecule has 1 rings (SSSR count). The Morgan fingerprint density at radius 2 is 1.09 bits per heavy atom. The van der Waals surface area contributed by atoms with Crippen molar-refractivity contribution in [3.05, 3.63) is 30.0 Å². The Bertz CT molecular complexity index is 1230. The van der Waals surface area contributed by atoms with Gasteiger partial charge in [0.1, 0.15) is 36.8 Å². The van der Waals surface area contributed by atoms with Crippen molar-refractivity contribution in [3.8, 4) is 0 Å². The highest BCUT2D eigenvalue weighted by Gasteiger charge is 2.46. The van der Waals surface area contributed by atoms with Gasteiger partial charge >= 0.3 is 11.9 Å². The monoisotopic (exact) mass is 845 g/mol. The Morgan fingerprint density at radius 1 is 0.621 bits per heavy atom. The van der Waals surface area contributed by atoms with Gasteiger partial charge in [0, 0.05) is 12.8 Å². The molecule has 0 aromatic rings. The van der Waals surface area contributed by atoms with Crippen LogP contribution in [0.2, 0.25) is 0 Å². The minimum atomic E-state index is -4.60. The van der Waals surface area contributed by atoms with Crippen LogP contribution in [0.25, 0.3) is 0 Å². The van der Waals surface area contributed by atoms with Crippen LogP contribution in [0.5, 0.6) is 0 Å². The summed E-state index contributed by atoms with van der Waals surface area (Å²) < 4.78 is 54.0. The molecule has 6 atom stereocenters. The maximum atomic E-state index is 12.8. The largest absolute Gasteiger partial charge is 0.462 e. The van der Waals surface area contributed by atoms with Gasteiger partial charge in [-0.25, -0.2) is 0 Å². The number of rotatable bonds is 37. The average Bonchev–Trinajstić information content (AvgIpc) is 3.18. The van der Waals surface area contributed by atoms with Gasteiger partial charge in [0.05, 0.1) is 6.61 Å². The summed E-state index contributed by atoms with van der Waals surface area (Å²) in [7, 11) is -4.60. The van der Waals surface area contributed by atoms with Crippen molar-refractivity contribution >= 4 is 22.1 Å². The molecular formula is C45H80O12S. The molecule has 0 saturated carbocycles. The third kappa shape index (κ3) is 30.0. The van der Waals surface area contributed by atoms with E-state index < -0.39 is 71.2 Å². The number of esters is 2. The molecule has 1 aliphatic rings. The smallest absolute Gasteiger partial charge is 0.306 e. The summed E-state index contributed by atoms with van der Waals surface area (Å²) in [6.45, 7) is 3.71. The van der Waals surface area contributed by atoms with Crippen LogP contribution < -0.4 is 0 Å². The van der Waals surface area contributed by atoms with Gasteiger partial charge in [-0.15, -0.1) is 5.73 Å². The lowest BCUT2D eigenvalue weighted by Crippen LogP contribution is -2.60. The Balaban J connectivity index is 2.48. The molecule has 1 heterocycles. The van der Waals surface area contributed by atoms with E-state index in [1.54, 1.807) is 0 Å². The fourth-order valence-corrected chi connectivity index (χ4v) is 7.40. The molecule has 0 spiro atoms. The fraction of sp³-hybridized carbons (Fsp3) is 0.844. The number of aliphatic hydroxyl groups excluding tert-OH is 3. The van der Waals surface area contributed by atoms with E-state index in [0.29, 0.717) is 12.8 Å². The maximum Gasteiger partial charge on any atom is 0.306 e. The molecule has 4 N–H and O–H groups in total. The summed E-state index contributed by atoms with van der Waals surface area (Å²) in [5, 5.41) is 30.9. The molecule has 2 unspecified atom stereocenters. The lowest BCUT2D eigenvalue weighted by Gasteiger charge is -2.40. The first-order valence-electron chi connectivity index (χ1n) is 22.6. The number of ether oxygens (including phenoxy) is 4. The first-order chi connectivity index (χ1) is 28.0. The first kappa shape index (κ1) is 53.9. The topological polar surface area (TPSA) is 186 Å². The number of carbonyl (C=O) groups excluding carboxylic acids is 2. The van der Waals surface area contributed by atoms with E-state index in [0.717, 1.165) is 77.0 Å². The van der Waals surface area contributed by atoms with E-state index in [2.05, 4.69) is 43.9 Å². The number of hydrogen-bond donors (Lipinski definition) is 4. The maximum absolute atomic E-state index is 12.8. The van der Waals surface area contributed by atoms with Gasteiger partial charge in [0.2, 0.25) is 0 Å². The van der Waals surface area contributed by atoms with Crippen LogP contribution in [0.3, 0.4) is 0 Å². The number of carbonyl (C=O) groups is 2. The Hall–Kier alpha value is -2.09. The van der Waals surface area contributed by atoms with E-state index in [-0.39, 0.29) is 19.4 Å². The number of unbranched alkanes of at least 4 members (excludes halogenated alkanes) is 21. The lowest BCUT2D eigenvalue weighted by atomic mass is 10.00. The van der Waals surface area contributed by atoms with Crippen molar-refractivity contribution in [2.45, 2.75) is 224 Å². The Kier molecular flexibility index (Phi) is 33.1. The van der Waals surface area contributed by atoms with E-state index in [4.69, 9.17) is 18.9 Å². The van der Waals surface area contributed by atoms with E-state index in [1.165, 1.54) is 70.6 Å². The predicted molar refractivity (Wildman–Crippen MR) is 228 cm³/mol. The molecule has 0 aromatic carbocycles. The summed E-state index contributed by atoms with van der Waals surface area (Å²) in [4.78, 5) is 25.4. The lowest BCUT2D eigenvalue weighted by molar-refractivity contribution is -0.297. The van der Waals surface area contributed by atoms with Crippen LogP contribution in [0.4, 0.5) is 0 Å². The second-order valence-electron chi connectivity index (χ2n) is 15.8. The summed E-state index contributed by atoms with van der Waals surface area (Å²) in [5.74, 6) is -2.01. The summed E-state index contributed by atoms with van der Waals surface area (Å²) in [6.07, 6.45) is 27.1. The molecule has 1 fully saturated rings. The van der Waals surface area contributed by atoms with E-state index >= 15 is 0 Å². The zero-order valence-corrected chi connectivity index (χ0v) is 36.8. The van der Waals surface area contributed by atoms with Gasteiger partial charge in [-0.2, -0.15) is 8.42 Å². The van der Waals surface area contributed by atoms with Gasteiger partial charge in [-0.3, -0.25) is 14.1 Å². The average molecular weight is 845 g/mol. The molecule has 338 valence electrons.